The Morgan fingerprint density at radius 1 is 1.28 bits per heavy atom. The molecule has 0 bridgehead atoms. The summed E-state index contributed by atoms with van der Waals surface area (Å²) < 4.78 is 10.7. The average molecular weight is 392 g/mol. The number of carbonyl (C=O) groups excluding carboxylic acids is 2. The molecule has 2 rings (SSSR count). The van der Waals surface area contributed by atoms with Crippen LogP contribution in [0.5, 0.6) is 0 Å². The lowest BCUT2D eigenvalue weighted by Crippen LogP contribution is -2.56. The maximum absolute atomic E-state index is 12.5. The van der Waals surface area contributed by atoms with Crippen molar-refractivity contribution in [3.05, 3.63) is 21.4 Å². The van der Waals surface area contributed by atoms with E-state index < -0.39 is 0 Å². The van der Waals surface area contributed by atoms with Gasteiger partial charge in [-0.15, -0.1) is 0 Å². The summed E-state index contributed by atoms with van der Waals surface area (Å²) >= 11 is 12.1. The number of aromatic amines is 1. The maximum atomic E-state index is 12.5. The van der Waals surface area contributed by atoms with Gasteiger partial charge in [0.25, 0.3) is 5.91 Å². The molecule has 140 valence electrons. The molecule has 0 saturated carbocycles. The Morgan fingerprint density at radius 2 is 2.00 bits per heavy atom. The number of carbonyl (C=O) groups is 2. The van der Waals surface area contributed by atoms with Gasteiger partial charge in [0.05, 0.1) is 35.3 Å². The summed E-state index contributed by atoms with van der Waals surface area (Å²) in [5.74, 6) is -0.348. The first-order chi connectivity index (χ1) is 11.9. The SMILES string of the molecule is CCOC(=O)N1CCC(NC(=O)c2[nH]c(C)c(Cl)c2Cl)C(OCC)C1. The summed E-state index contributed by atoms with van der Waals surface area (Å²) in [5.41, 5.74) is 0.863. The van der Waals surface area contributed by atoms with Gasteiger partial charge in [-0.25, -0.2) is 4.79 Å². The highest BCUT2D eigenvalue weighted by atomic mass is 35.5. The molecule has 2 heterocycles. The second-order valence-corrected chi connectivity index (χ2v) is 6.52. The van der Waals surface area contributed by atoms with Crippen molar-refractivity contribution in [3.63, 3.8) is 0 Å². The van der Waals surface area contributed by atoms with Crippen molar-refractivity contribution in [2.75, 3.05) is 26.3 Å². The fourth-order valence-electron chi connectivity index (χ4n) is 2.81. The standard InChI is InChI=1S/C16H23Cl2N3O4/c1-4-24-11-8-21(16(23)25-5-2)7-6-10(11)20-15(22)14-13(18)12(17)9(3)19-14/h10-11,19H,4-8H2,1-3H3,(H,20,22). The van der Waals surface area contributed by atoms with E-state index in [4.69, 9.17) is 32.7 Å². The Hall–Kier alpha value is -1.44. The van der Waals surface area contributed by atoms with Crippen LogP contribution in [0.25, 0.3) is 0 Å². The number of H-pyrrole nitrogens is 1. The van der Waals surface area contributed by atoms with Crippen molar-refractivity contribution in [2.45, 2.75) is 39.3 Å². The van der Waals surface area contributed by atoms with Crippen molar-refractivity contribution in [2.24, 2.45) is 0 Å². The number of amides is 2. The molecular formula is C16H23Cl2N3O4. The summed E-state index contributed by atoms with van der Waals surface area (Å²) in [6.45, 7) is 7.00. The lowest BCUT2D eigenvalue weighted by atomic mass is 10.0. The highest BCUT2D eigenvalue weighted by molar-refractivity contribution is 6.44. The summed E-state index contributed by atoms with van der Waals surface area (Å²) in [5, 5.41) is 3.47. The Bertz CT molecular complexity index is 635. The molecule has 9 heteroatoms. The average Bonchev–Trinajstić information content (AvgIpc) is 2.84. The van der Waals surface area contributed by atoms with Gasteiger partial charge in [-0.2, -0.15) is 0 Å². The molecular weight excluding hydrogens is 369 g/mol. The monoisotopic (exact) mass is 391 g/mol. The molecule has 0 spiro atoms. The molecule has 2 amide bonds. The zero-order valence-corrected chi connectivity index (χ0v) is 16.0. The third-order valence-corrected chi connectivity index (χ3v) is 5.01. The smallest absolute Gasteiger partial charge is 0.409 e. The van der Waals surface area contributed by atoms with Crippen LogP contribution in [-0.4, -0.2) is 60.3 Å². The lowest BCUT2D eigenvalue weighted by molar-refractivity contribution is -0.0151. The summed E-state index contributed by atoms with van der Waals surface area (Å²) in [7, 11) is 0. The molecule has 0 aliphatic carbocycles. The van der Waals surface area contributed by atoms with E-state index in [1.54, 1.807) is 18.7 Å². The van der Waals surface area contributed by atoms with E-state index in [2.05, 4.69) is 10.3 Å². The molecule has 1 aromatic heterocycles. The number of halogens is 2. The minimum Gasteiger partial charge on any atom is -0.450 e. The predicted molar refractivity (Wildman–Crippen MR) is 95.4 cm³/mol. The Labute approximate surface area is 156 Å². The topological polar surface area (TPSA) is 83.7 Å². The number of nitrogens with one attached hydrogen (secondary N) is 2. The number of rotatable bonds is 5. The van der Waals surface area contributed by atoms with E-state index in [1.165, 1.54) is 0 Å². The van der Waals surface area contributed by atoms with Crippen molar-refractivity contribution < 1.29 is 19.1 Å². The van der Waals surface area contributed by atoms with Crippen LogP contribution in [0.1, 0.15) is 36.5 Å². The number of nitrogens with zero attached hydrogens (tertiary/aromatic N) is 1. The summed E-state index contributed by atoms with van der Waals surface area (Å²) in [6, 6.07) is -0.239. The first-order valence-electron chi connectivity index (χ1n) is 8.26. The van der Waals surface area contributed by atoms with Gasteiger partial charge in [0.15, 0.2) is 0 Å². The third-order valence-electron chi connectivity index (χ3n) is 4.06. The van der Waals surface area contributed by atoms with Crippen LogP contribution < -0.4 is 5.32 Å². The molecule has 7 nitrogen and oxygen atoms in total. The quantitative estimate of drug-likeness (QED) is 0.807. The lowest BCUT2D eigenvalue weighted by Gasteiger charge is -2.37. The van der Waals surface area contributed by atoms with Crippen LogP contribution in [0.2, 0.25) is 10.0 Å². The summed E-state index contributed by atoms with van der Waals surface area (Å²) in [4.78, 5) is 28.9. The fourth-order valence-corrected chi connectivity index (χ4v) is 3.23. The fraction of sp³-hybridized carbons (Fsp3) is 0.625. The molecule has 2 N–H and O–H groups in total. The van der Waals surface area contributed by atoms with Gasteiger partial charge in [-0.1, -0.05) is 23.2 Å². The van der Waals surface area contributed by atoms with E-state index in [-0.39, 0.29) is 34.9 Å². The van der Waals surface area contributed by atoms with E-state index in [1.807, 2.05) is 6.92 Å². The molecule has 25 heavy (non-hydrogen) atoms. The Morgan fingerprint density at radius 3 is 2.56 bits per heavy atom. The van der Waals surface area contributed by atoms with Crippen molar-refractivity contribution in [1.82, 2.24) is 15.2 Å². The molecule has 1 aliphatic heterocycles. The molecule has 0 radical (unpaired) electrons. The predicted octanol–water partition coefficient (Wildman–Crippen LogP) is 3.00. The minimum absolute atomic E-state index is 0.202. The molecule has 1 fully saturated rings. The third kappa shape index (κ3) is 4.59. The molecule has 2 atom stereocenters. The van der Waals surface area contributed by atoms with Crippen molar-refractivity contribution >= 4 is 35.2 Å². The van der Waals surface area contributed by atoms with E-state index in [0.717, 1.165) is 0 Å². The van der Waals surface area contributed by atoms with Crippen LogP contribution >= 0.6 is 23.2 Å². The van der Waals surface area contributed by atoms with E-state index in [0.29, 0.717) is 43.4 Å². The number of likely N-dealkylation sites (tertiary alicyclic amines) is 1. The van der Waals surface area contributed by atoms with Gasteiger partial charge in [-0.3, -0.25) is 4.79 Å². The zero-order valence-electron chi connectivity index (χ0n) is 14.5. The van der Waals surface area contributed by atoms with Crippen LogP contribution in [0, 0.1) is 6.92 Å². The molecule has 0 aromatic carbocycles. The number of piperidine rings is 1. The van der Waals surface area contributed by atoms with Gasteiger partial charge in [-0.05, 0) is 27.2 Å². The van der Waals surface area contributed by atoms with Crippen LogP contribution in [0.15, 0.2) is 0 Å². The number of hydrogen-bond acceptors (Lipinski definition) is 4. The minimum atomic E-state index is -0.369. The highest BCUT2D eigenvalue weighted by Crippen LogP contribution is 2.29. The van der Waals surface area contributed by atoms with E-state index in [9.17, 15) is 9.59 Å². The molecule has 2 unspecified atom stereocenters. The number of hydrogen-bond donors (Lipinski definition) is 2. The highest BCUT2D eigenvalue weighted by Gasteiger charge is 2.34. The van der Waals surface area contributed by atoms with Gasteiger partial charge in [0.2, 0.25) is 0 Å². The van der Waals surface area contributed by atoms with Gasteiger partial charge in [0, 0.05) is 18.8 Å². The van der Waals surface area contributed by atoms with Crippen molar-refractivity contribution in [1.29, 1.82) is 0 Å². The normalized spacial score (nSPS) is 20.4. The zero-order chi connectivity index (χ0) is 18.6. The second-order valence-electron chi connectivity index (χ2n) is 5.76. The van der Waals surface area contributed by atoms with Gasteiger partial charge >= 0.3 is 6.09 Å². The van der Waals surface area contributed by atoms with Gasteiger partial charge < -0.3 is 24.7 Å². The van der Waals surface area contributed by atoms with Crippen LogP contribution in [-0.2, 0) is 9.47 Å². The number of ether oxygens (including phenoxy) is 2. The first-order valence-corrected chi connectivity index (χ1v) is 9.02. The van der Waals surface area contributed by atoms with Gasteiger partial charge in [0.1, 0.15) is 5.69 Å². The van der Waals surface area contributed by atoms with E-state index >= 15 is 0 Å². The maximum Gasteiger partial charge on any atom is 0.409 e. The molecule has 1 saturated heterocycles. The largest absolute Gasteiger partial charge is 0.450 e. The van der Waals surface area contributed by atoms with Crippen LogP contribution in [0.3, 0.4) is 0 Å². The van der Waals surface area contributed by atoms with Crippen LogP contribution in [0.4, 0.5) is 4.79 Å². The Kier molecular flexibility index (Phi) is 6.98. The molecule has 1 aromatic rings. The number of aryl methyl sites for hydroxylation is 1. The first kappa shape index (κ1) is 19.9. The van der Waals surface area contributed by atoms with Crippen molar-refractivity contribution in [3.8, 4) is 0 Å². The number of aromatic nitrogens is 1. The summed E-state index contributed by atoms with van der Waals surface area (Å²) in [6.07, 6.45) is -0.135. The second kappa shape index (κ2) is 8.78. The Balaban J connectivity index is 2.06. The molecule has 1 aliphatic rings.